The molecule has 0 saturated carbocycles. The molecule has 1 atom stereocenters. The van der Waals surface area contributed by atoms with E-state index in [2.05, 4.69) is 5.32 Å². The number of aryl methyl sites for hydroxylation is 1. The van der Waals surface area contributed by atoms with Crippen molar-refractivity contribution in [2.45, 2.75) is 19.8 Å². The number of piperidine rings is 1. The van der Waals surface area contributed by atoms with E-state index in [0.717, 1.165) is 18.4 Å². The van der Waals surface area contributed by atoms with E-state index < -0.39 is 0 Å². The van der Waals surface area contributed by atoms with Crippen molar-refractivity contribution in [2.75, 3.05) is 25.5 Å². The summed E-state index contributed by atoms with van der Waals surface area (Å²) in [4.78, 5) is 25.3. The number of primary amides is 1. The van der Waals surface area contributed by atoms with Crippen molar-refractivity contribution < 1.29 is 14.3 Å². The molecule has 1 fully saturated rings. The van der Waals surface area contributed by atoms with Crippen LogP contribution in [-0.4, -0.2) is 37.0 Å². The van der Waals surface area contributed by atoms with Gasteiger partial charge in [0.05, 0.1) is 18.7 Å². The van der Waals surface area contributed by atoms with E-state index in [9.17, 15) is 9.59 Å². The number of benzene rings is 1. The Labute approximate surface area is 124 Å². The lowest BCUT2D eigenvalue weighted by Crippen LogP contribution is -2.45. The minimum atomic E-state index is -0.346. The van der Waals surface area contributed by atoms with Gasteiger partial charge < -0.3 is 20.7 Å². The second-order valence-electron chi connectivity index (χ2n) is 5.27. The van der Waals surface area contributed by atoms with E-state index in [-0.39, 0.29) is 17.9 Å². The molecule has 0 unspecified atom stereocenters. The molecule has 3 N–H and O–H groups in total. The van der Waals surface area contributed by atoms with Crippen LogP contribution in [0.1, 0.15) is 18.4 Å². The van der Waals surface area contributed by atoms with Crippen LogP contribution < -0.4 is 15.8 Å². The summed E-state index contributed by atoms with van der Waals surface area (Å²) in [7, 11) is 1.56. The molecule has 0 bridgehead atoms. The van der Waals surface area contributed by atoms with E-state index in [0.29, 0.717) is 24.5 Å². The third kappa shape index (κ3) is 3.45. The van der Waals surface area contributed by atoms with Gasteiger partial charge in [-0.05, 0) is 31.4 Å². The number of nitrogens with one attached hydrogen (secondary N) is 1. The Bertz CT molecular complexity index is 545. The van der Waals surface area contributed by atoms with Gasteiger partial charge in [0, 0.05) is 13.1 Å². The Hall–Kier alpha value is -2.24. The van der Waals surface area contributed by atoms with E-state index in [1.165, 1.54) is 0 Å². The van der Waals surface area contributed by atoms with Gasteiger partial charge in [-0.15, -0.1) is 0 Å². The summed E-state index contributed by atoms with van der Waals surface area (Å²) in [5, 5.41) is 2.87. The Morgan fingerprint density at radius 1 is 1.43 bits per heavy atom. The summed E-state index contributed by atoms with van der Waals surface area (Å²) in [5.41, 5.74) is 6.92. The van der Waals surface area contributed by atoms with Gasteiger partial charge in [-0.3, -0.25) is 4.79 Å². The van der Waals surface area contributed by atoms with Crippen molar-refractivity contribution in [3.05, 3.63) is 23.8 Å². The molecule has 0 spiro atoms. The Morgan fingerprint density at radius 2 is 2.19 bits per heavy atom. The van der Waals surface area contributed by atoms with Crippen LogP contribution in [0.5, 0.6) is 5.75 Å². The highest BCUT2D eigenvalue weighted by Crippen LogP contribution is 2.28. The first-order valence-electron chi connectivity index (χ1n) is 7.01. The molecule has 0 aliphatic carbocycles. The highest BCUT2D eigenvalue weighted by molar-refractivity contribution is 5.92. The minimum absolute atomic E-state index is 0.228. The molecule has 1 saturated heterocycles. The maximum Gasteiger partial charge on any atom is 0.321 e. The molecule has 6 heteroatoms. The normalized spacial score (nSPS) is 18.2. The molecule has 1 heterocycles. The highest BCUT2D eigenvalue weighted by atomic mass is 16.5. The summed E-state index contributed by atoms with van der Waals surface area (Å²) in [5.74, 6) is 0.0102. The molecule has 1 aliphatic rings. The Morgan fingerprint density at radius 3 is 2.86 bits per heavy atom. The maximum atomic E-state index is 12.4. The smallest absolute Gasteiger partial charge is 0.321 e. The van der Waals surface area contributed by atoms with Crippen molar-refractivity contribution >= 4 is 17.6 Å². The van der Waals surface area contributed by atoms with Crippen molar-refractivity contribution in [1.82, 2.24) is 4.90 Å². The lowest BCUT2D eigenvalue weighted by molar-refractivity contribution is -0.123. The van der Waals surface area contributed by atoms with Crippen molar-refractivity contribution in [2.24, 2.45) is 11.7 Å². The molecule has 3 amide bonds. The number of amides is 3. The van der Waals surface area contributed by atoms with Crippen molar-refractivity contribution in [3.63, 3.8) is 0 Å². The number of carbonyl (C=O) groups excluding carboxylic acids is 2. The summed E-state index contributed by atoms with van der Waals surface area (Å²) in [6.07, 6.45) is 1.53. The van der Waals surface area contributed by atoms with Crippen LogP contribution in [0.2, 0.25) is 0 Å². The molecule has 114 valence electrons. The zero-order chi connectivity index (χ0) is 15.4. The fourth-order valence-electron chi connectivity index (χ4n) is 2.55. The molecule has 0 aromatic heterocycles. The molecular weight excluding hydrogens is 270 g/mol. The van der Waals surface area contributed by atoms with Crippen LogP contribution in [0.4, 0.5) is 10.5 Å². The van der Waals surface area contributed by atoms with E-state index in [4.69, 9.17) is 10.5 Å². The van der Waals surface area contributed by atoms with Gasteiger partial charge in [-0.2, -0.15) is 0 Å². The number of rotatable bonds is 3. The van der Waals surface area contributed by atoms with Gasteiger partial charge in [0.15, 0.2) is 0 Å². The molecule has 1 aliphatic heterocycles. The predicted octanol–water partition coefficient (Wildman–Crippen LogP) is 1.73. The number of nitrogens with zero attached hydrogens (tertiary/aromatic N) is 1. The zero-order valence-corrected chi connectivity index (χ0v) is 12.4. The summed E-state index contributed by atoms with van der Waals surface area (Å²) in [6, 6.07) is 5.34. The van der Waals surface area contributed by atoms with Gasteiger partial charge in [-0.25, -0.2) is 4.79 Å². The number of hydrogen-bond donors (Lipinski definition) is 2. The number of carbonyl (C=O) groups is 2. The molecule has 6 nitrogen and oxygen atoms in total. The van der Waals surface area contributed by atoms with E-state index >= 15 is 0 Å². The van der Waals surface area contributed by atoms with Crippen LogP contribution in [0, 0.1) is 12.8 Å². The molecule has 2 rings (SSSR count). The van der Waals surface area contributed by atoms with Crippen LogP contribution in [-0.2, 0) is 4.79 Å². The third-order valence-electron chi connectivity index (χ3n) is 3.80. The van der Waals surface area contributed by atoms with Crippen LogP contribution in [0.15, 0.2) is 18.2 Å². The van der Waals surface area contributed by atoms with Crippen molar-refractivity contribution in [3.8, 4) is 5.75 Å². The second kappa shape index (κ2) is 6.47. The first kappa shape index (κ1) is 15.2. The number of ether oxygens (including phenoxy) is 1. The minimum Gasteiger partial charge on any atom is -0.495 e. The van der Waals surface area contributed by atoms with Crippen molar-refractivity contribution in [1.29, 1.82) is 0 Å². The predicted molar refractivity (Wildman–Crippen MR) is 80.2 cm³/mol. The maximum absolute atomic E-state index is 12.4. The number of urea groups is 1. The molecular formula is C15H21N3O3. The van der Waals surface area contributed by atoms with Crippen LogP contribution in [0.3, 0.4) is 0 Å². The van der Waals surface area contributed by atoms with Gasteiger partial charge in [0.25, 0.3) is 0 Å². The second-order valence-corrected chi connectivity index (χ2v) is 5.27. The van der Waals surface area contributed by atoms with Gasteiger partial charge in [0.1, 0.15) is 5.75 Å². The van der Waals surface area contributed by atoms with E-state index in [1.54, 1.807) is 18.1 Å². The summed E-state index contributed by atoms with van der Waals surface area (Å²) >= 11 is 0. The number of likely N-dealkylation sites (tertiary alicyclic amines) is 1. The largest absolute Gasteiger partial charge is 0.495 e. The number of para-hydroxylation sites is 1. The quantitative estimate of drug-likeness (QED) is 0.889. The molecule has 21 heavy (non-hydrogen) atoms. The lowest BCUT2D eigenvalue weighted by Gasteiger charge is -2.31. The number of hydrogen-bond acceptors (Lipinski definition) is 3. The monoisotopic (exact) mass is 291 g/mol. The number of anilines is 1. The third-order valence-corrected chi connectivity index (χ3v) is 3.80. The van der Waals surface area contributed by atoms with E-state index in [1.807, 2.05) is 19.1 Å². The van der Waals surface area contributed by atoms with Crippen LogP contribution >= 0.6 is 0 Å². The number of methoxy groups -OCH3 is 1. The van der Waals surface area contributed by atoms with Crippen LogP contribution in [0.25, 0.3) is 0 Å². The van der Waals surface area contributed by atoms with Gasteiger partial charge in [0.2, 0.25) is 5.91 Å². The first-order chi connectivity index (χ1) is 10.0. The zero-order valence-electron chi connectivity index (χ0n) is 12.4. The SMILES string of the molecule is COc1cccc(C)c1NC(=O)N1CCC[C@@H](C(N)=O)C1. The Balaban J connectivity index is 2.09. The standard InChI is InChI=1S/C15H21N3O3/c1-10-5-3-7-12(21-2)13(10)17-15(20)18-8-4-6-11(9-18)14(16)19/h3,5,7,11H,4,6,8-9H2,1-2H3,(H2,16,19)(H,17,20)/t11-/m1/s1. The molecule has 0 radical (unpaired) electrons. The highest BCUT2D eigenvalue weighted by Gasteiger charge is 2.27. The fourth-order valence-corrected chi connectivity index (χ4v) is 2.55. The topological polar surface area (TPSA) is 84.7 Å². The molecule has 1 aromatic carbocycles. The van der Waals surface area contributed by atoms with Gasteiger partial charge >= 0.3 is 6.03 Å². The average Bonchev–Trinajstić information content (AvgIpc) is 2.49. The summed E-state index contributed by atoms with van der Waals surface area (Å²) < 4.78 is 5.27. The fraction of sp³-hybridized carbons (Fsp3) is 0.467. The Kier molecular flexibility index (Phi) is 4.67. The van der Waals surface area contributed by atoms with Gasteiger partial charge in [-0.1, -0.05) is 12.1 Å². The first-order valence-corrected chi connectivity index (χ1v) is 7.01. The average molecular weight is 291 g/mol. The lowest BCUT2D eigenvalue weighted by atomic mass is 9.98. The number of nitrogens with two attached hydrogens (primary N) is 1. The summed E-state index contributed by atoms with van der Waals surface area (Å²) in [6.45, 7) is 2.90. The molecule has 1 aromatic rings.